The summed E-state index contributed by atoms with van der Waals surface area (Å²) in [5.74, 6) is 0.821. The molecular weight excluding hydrogens is 348 g/mol. The molecule has 0 aliphatic carbocycles. The van der Waals surface area contributed by atoms with Crippen LogP contribution in [-0.2, 0) is 4.79 Å². The Morgan fingerprint density at radius 2 is 2.00 bits per heavy atom. The molecule has 1 spiro atoms. The standard InChI is InChI=1S/C20H19ClN4O/c1-22-16-7-4-11-23-18(16)24-12-5-9-20(14-24)10-13-25(19(20)26)17-8-3-2-6-15(17)21/h2-4,6-8,11H,5,9-10,12-14H2/t20-/m0/s1. The van der Waals surface area contributed by atoms with E-state index in [2.05, 4.69) is 14.7 Å². The lowest BCUT2D eigenvalue weighted by atomic mass is 9.78. The van der Waals surface area contributed by atoms with Crippen LogP contribution in [0.25, 0.3) is 4.85 Å². The number of aromatic nitrogens is 1. The third kappa shape index (κ3) is 2.71. The molecule has 2 aliphatic rings. The lowest BCUT2D eigenvalue weighted by Gasteiger charge is -2.40. The molecule has 1 aromatic heterocycles. The van der Waals surface area contributed by atoms with Crippen LogP contribution in [0, 0.1) is 12.0 Å². The molecule has 2 aromatic rings. The molecule has 132 valence electrons. The predicted molar refractivity (Wildman–Crippen MR) is 103 cm³/mol. The highest BCUT2D eigenvalue weighted by molar-refractivity contribution is 6.34. The van der Waals surface area contributed by atoms with Crippen molar-refractivity contribution in [1.29, 1.82) is 0 Å². The molecule has 1 atom stereocenters. The maximum atomic E-state index is 13.3. The van der Waals surface area contributed by atoms with Crippen molar-refractivity contribution in [3.63, 3.8) is 0 Å². The van der Waals surface area contributed by atoms with Gasteiger partial charge in [0.05, 0.1) is 22.7 Å². The second-order valence-electron chi connectivity index (χ2n) is 6.92. The fourth-order valence-electron chi connectivity index (χ4n) is 4.13. The van der Waals surface area contributed by atoms with Gasteiger partial charge in [-0.1, -0.05) is 35.9 Å². The summed E-state index contributed by atoms with van der Waals surface area (Å²) in [7, 11) is 0. The van der Waals surface area contributed by atoms with Gasteiger partial charge < -0.3 is 9.80 Å². The van der Waals surface area contributed by atoms with E-state index in [1.54, 1.807) is 18.3 Å². The number of amides is 1. The van der Waals surface area contributed by atoms with E-state index in [9.17, 15) is 4.79 Å². The summed E-state index contributed by atoms with van der Waals surface area (Å²) in [6, 6.07) is 11.0. The van der Waals surface area contributed by atoms with Crippen molar-refractivity contribution in [2.24, 2.45) is 5.41 Å². The van der Waals surface area contributed by atoms with E-state index in [0.29, 0.717) is 29.6 Å². The second-order valence-corrected chi connectivity index (χ2v) is 7.33. The van der Waals surface area contributed by atoms with Crippen LogP contribution in [0.1, 0.15) is 19.3 Å². The van der Waals surface area contributed by atoms with E-state index < -0.39 is 5.41 Å². The van der Waals surface area contributed by atoms with E-state index in [1.807, 2.05) is 29.2 Å². The zero-order valence-electron chi connectivity index (χ0n) is 14.4. The third-order valence-electron chi connectivity index (χ3n) is 5.42. The van der Waals surface area contributed by atoms with Crippen molar-refractivity contribution in [2.45, 2.75) is 19.3 Å². The fourth-order valence-corrected chi connectivity index (χ4v) is 4.37. The number of anilines is 2. The van der Waals surface area contributed by atoms with Crippen molar-refractivity contribution >= 4 is 34.7 Å². The summed E-state index contributed by atoms with van der Waals surface area (Å²) in [6.45, 7) is 9.48. The molecule has 6 heteroatoms. The number of benzene rings is 1. The molecule has 4 rings (SSSR count). The molecule has 0 N–H and O–H groups in total. The minimum absolute atomic E-state index is 0.135. The van der Waals surface area contributed by atoms with E-state index in [4.69, 9.17) is 18.2 Å². The molecule has 0 radical (unpaired) electrons. The molecule has 0 saturated carbocycles. The summed E-state index contributed by atoms with van der Waals surface area (Å²) < 4.78 is 0. The first-order chi connectivity index (χ1) is 12.6. The highest BCUT2D eigenvalue weighted by Crippen LogP contribution is 2.44. The molecule has 5 nitrogen and oxygen atoms in total. The van der Waals surface area contributed by atoms with Crippen molar-refractivity contribution in [3.05, 3.63) is 59.0 Å². The maximum absolute atomic E-state index is 13.3. The van der Waals surface area contributed by atoms with Crippen LogP contribution in [0.15, 0.2) is 42.6 Å². The van der Waals surface area contributed by atoms with E-state index in [0.717, 1.165) is 31.5 Å². The number of nitrogens with zero attached hydrogens (tertiary/aromatic N) is 4. The van der Waals surface area contributed by atoms with Crippen LogP contribution in [-0.4, -0.2) is 30.5 Å². The van der Waals surface area contributed by atoms with E-state index in [1.165, 1.54) is 0 Å². The monoisotopic (exact) mass is 366 g/mol. The van der Waals surface area contributed by atoms with Gasteiger partial charge in [0, 0.05) is 25.8 Å². The SMILES string of the molecule is [C-]#[N+]c1cccnc1N1CCC[C@]2(CCN(c3ccccc3Cl)C2=O)C1. The largest absolute Gasteiger partial charge is 0.364 e. The first kappa shape index (κ1) is 16.9. The van der Waals surface area contributed by atoms with Gasteiger partial charge in [-0.25, -0.2) is 4.85 Å². The van der Waals surface area contributed by atoms with Crippen LogP contribution in [0.4, 0.5) is 17.2 Å². The molecule has 1 aromatic carbocycles. The number of halogens is 1. The molecule has 2 aliphatic heterocycles. The Morgan fingerprint density at radius 1 is 1.15 bits per heavy atom. The van der Waals surface area contributed by atoms with Crippen molar-refractivity contribution in [1.82, 2.24) is 4.98 Å². The summed E-state index contributed by atoms with van der Waals surface area (Å²) >= 11 is 6.31. The lowest BCUT2D eigenvalue weighted by Crippen LogP contribution is -2.48. The Balaban J connectivity index is 1.62. The average molecular weight is 367 g/mol. The summed E-state index contributed by atoms with van der Waals surface area (Å²) in [5, 5.41) is 0.602. The normalized spacial score (nSPS) is 22.7. The zero-order chi connectivity index (χ0) is 18.1. The topological polar surface area (TPSA) is 40.8 Å². The number of carbonyl (C=O) groups excluding carboxylic acids is 1. The first-order valence-corrected chi connectivity index (χ1v) is 9.16. The van der Waals surface area contributed by atoms with Gasteiger partial charge in [0.1, 0.15) is 5.82 Å². The minimum Gasteiger partial charge on any atom is -0.364 e. The Bertz CT molecular complexity index is 893. The molecule has 2 fully saturated rings. The van der Waals surface area contributed by atoms with Gasteiger partial charge >= 0.3 is 0 Å². The van der Waals surface area contributed by atoms with Crippen molar-refractivity contribution in [3.8, 4) is 0 Å². The lowest BCUT2D eigenvalue weighted by molar-refractivity contribution is -0.126. The molecule has 0 unspecified atom stereocenters. The highest BCUT2D eigenvalue weighted by Gasteiger charge is 2.49. The molecule has 3 heterocycles. The van der Waals surface area contributed by atoms with Crippen LogP contribution in [0.5, 0.6) is 0 Å². The van der Waals surface area contributed by atoms with Crippen LogP contribution in [0.2, 0.25) is 5.02 Å². The van der Waals surface area contributed by atoms with Crippen molar-refractivity contribution in [2.75, 3.05) is 29.4 Å². The number of carbonyl (C=O) groups is 1. The number of hydrogen-bond acceptors (Lipinski definition) is 3. The van der Waals surface area contributed by atoms with Crippen LogP contribution in [0.3, 0.4) is 0 Å². The van der Waals surface area contributed by atoms with E-state index >= 15 is 0 Å². The number of hydrogen-bond donors (Lipinski definition) is 0. The number of rotatable bonds is 2. The quantitative estimate of drug-likeness (QED) is 0.744. The highest BCUT2D eigenvalue weighted by atomic mass is 35.5. The van der Waals surface area contributed by atoms with E-state index in [-0.39, 0.29) is 5.91 Å². The Labute approximate surface area is 158 Å². The fraction of sp³-hybridized carbons (Fsp3) is 0.350. The second kappa shape index (κ2) is 6.62. The Hall–Kier alpha value is -2.58. The van der Waals surface area contributed by atoms with Gasteiger partial charge in [-0.2, -0.15) is 0 Å². The summed E-state index contributed by atoms with van der Waals surface area (Å²) in [5.41, 5.74) is 0.902. The molecule has 26 heavy (non-hydrogen) atoms. The summed E-state index contributed by atoms with van der Waals surface area (Å²) in [6.07, 6.45) is 4.28. The Morgan fingerprint density at radius 3 is 2.81 bits per heavy atom. The number of para-hydroxylation sites is 1. The molecule has 1 amide bonds. The maximum Gasteiger partial charge on any atom is 0.235 e. The van der Waals surface area contributed by atoms with Crippen molar-refractivity contribution < 1.29 is 4.79 Å². The molecule has 0 bridgehead atoms. The summed E-state index contributed by atoms with van der Waals surface area (Å²) in [4.78, 5) is 25.2. The van der Waals surface area contributed by atoms with Gasteiger partial charge in [-0.05, 0) is 31.4 Å². The van der Waals surface area contributed by atoms with Gasteiger partial charge in [0.2, 0.25) is 11.6 Å². The number of piperidine rings is 1. The predicted octanol–water partition coefficient (Wildman–Crippen LogP) is 4.31. The van der Waals surface area contributed by atoms with Gasteiger partial charge in [-0.15, -0.1) is 0 Å². The van der Waals surface area contributed by atoms with Crippen LogP contribution < -0.4 is 9.80 Å². The first-order valence-electron chi connectivity index (χ1n) is 8.78. The van der Waals surface area contributed by atoms with Gasteiger partial charge in [0.15, 0.2) is 0 Å². The average Bonchev–Trinajstić information content (AvgIpc) is 2.98. The molecule has 2 saturated heterocycles. The molecular formula is C20H19ClN4O. The Kier molecular flexibility index (Phi) is 4.29. The van der Waals surface area contributed by atoms with Gasteiger partial charge in [0.25, 0.3) is 0 Å². The van der Waals surface area contributed by atoms with Crippen LogP contribution >= 0.6 is 11.6 Å². The zero-order valence-corrected chi connectivity index (χ0v) is 15.1. The smallest absolute Gasteiger partial charge is 0.235 e. The number of pyridine rings is 1. The minimum atomic E-state index is -0.422. The third-order valence-corrected chi connectivity index (χ3v) is 5.74. The van der Waals surface area contributed by atoms with Gasteiger partial charge in [-0.3, -0.25) is 9.78 Å².